The Morgan fingerprint density at radius 2 is 2.18 bits per heavy atom. The summed E-state index contributed by atoms with van der Waals surface area (Å²) in [5.41, 5.74) is 2.66. The van der Waals surface area contributed by atoms with E-state index in [1.807, 2.05) is 28.9 Å². The molecule has 148 valence electrons. The smallest absolute Gasteiger partial charge is 0.227 e. The second kappa shape index (κ2) is 7.56. The molecule has 0 bridgehead atoms. The monoisotopic (exact) mass is 416 g/mol. The van der Waals surface area contributed by atoms with Crippen LogP contribution in [0.25, 0.3) is 0 Å². The first-order valence-electron chi connectivity index (χ1n) is 9.76. The predicted octanol–water partition coefficient (Wildman–Crippen LogP) is 5.48. The summed E-state index contributed by atoms with van der Waals surface area (Å²) in [7, 11) is 0. The summed E-state index contributed by atoms with van der Waals surface area (Å²) in [5.74, 6) is 1.86. The van der Waals surface area contributed by atoms with Gasteiger partial charge in [0.2, 0.25) is 11.1 Å². The summed E-state index contributed by atoms with van der Waals surface area (Å²) >= 11 is 7.93. The maximum atomic E-state index is 13.1. The van der Waals surface area contributed by atoms with Crippen molar-refractivity contribution >= 4 is 35.1 Å². The first-order chi connectivity index (χ1) is 13.4. The summed E-state index contributed by atoms with van der Waals surface area (Å²) in [4.78, 5) is 17.9. The van der Waals surface area contributed by atoms with Gasteiger partial charge in [-0.3, -0.25) is 4.79 Å². The molecule has 0 saturated heterocycles. The van der Waals surface area contributed by atoms with Crippen molar-refractivity contribution < 1.29 is 4.79 Å². The Morgan fingerprint density at radius 1 is 1.36 bits per heavy atom. The lowest BCUT2D eigenvalue weighted by molar-refractivity contribution is -0.118. The molecule has 0 radical (unpaired) electrons. The molecular formula is C21H25ClN4OS. The van der Waals surface area contributed by atoms with Gasteiger partial charge in [0.15, 0.2) is 5.78 Å². The van der Waals surface area contributed by atoms with E-state index in [-0.39, 0.29) is 17.2 Å². The number of thioether (sulfide) groups is 1. The number of aromatic nitrogens is 3. The van der Waals surface area contributed by atoms with Crippen LogP contribution in [-0.4, -0.2) is 26.3 Å². The second-order valence-electron chi connectivity index (χ2n) is 8.28. The van der Waals surface area contributed by atoms with Gasteiger partial charge in [-0.05, 0) is 36.0 Å². The summed E-state index contributed by atoms with van der Waals surface area (Å²) in [6.45, 7) is 6.44. The van der Waals surface area contributed by atoms with Crippen molar-refractivity contribution in [2.45, 2.75) is 57.7 Å². The number of ketones is 1. The van der Waals surface area contributed by atoms with Crippen LogP contribution in [0.15, 0.2) is 40.7 Å². The Balaban J connectivity index is 1.80. The largest absolute Gasteiger partial charge is 0.328 e. The average molecular weight is 417 g/mol. The number of allylic oxidation sites excluding steroid dienone is 2. The highest BCUT2D eigenvalue weighted by Gasteiger charge is 2.41. The van der Waals surface area contributed by atoms with Crippen molar-refractivity contribution in [3.63, 3.8) is 0 Å². The Labute approximate surface area is 174 Å². The minimum absolute atomic E-state index is 0.0668. The molecular weight excluding hydrogens is 392 g/mol. The third-order valence-corrected chi connectivity index (χ3v) is 6.36. The number of hydrogen-bond donors (Lipinski definition) is 1. The van der Waals surface area contributed by atoms with Crippen molar-refractivity contribution in [3.05, 3.63) is 46.1 Å². The number of rotatable bonds is 5. The molecule has 1 aliphatic carbocycles. The number of halogens is 1. The van der Waals surface area contributed by atoms with Gasteiger partial charge in [-0.1, -0.05) is 62.7 Å². The van der Waals surface area contributed by atoms with Crippen LogP contribution >= 0.6 is 23.4 Å². The summed E-state index contributed by atoms with van der Waals surface area (Å²) in [6, 6.07) is 7.41. The van der Waals surface area contributed by atoms with E-state index in [2.05, 4.69) is 26.1 Å². The van der Waals surface area contributed by atoms with Gasteiger partial charge in [-0.25, -0.2) is 4.68 Å². The first kappa shape index (κ1) is 19.5. The minimum atomic E-state index is -0.290. The molecule has 2 aliphatic rings. The Kier molecular flexibility index (Phi) is 5.27. The number of nitrogens with zero attached hydrogens (tertiary/aromatic N) is 3. The van der Waals surface area contributed by atoms with E-state index in [9.17, 15) is 4.79 Å². The van der Waals surface area contributed by atoms with Crippen LogP contribution in [0.2, 0.25) is 5.02 Å². The Hall–Kier alpha value is -1.79. The molecule has 2 heterocycles. The molecule has 1 N–H and O–H groups in total. The quantitative estimate of drug-likeness (QED) is 0.516. The molecule has 1 aliphatic heterocycles. The van der Waals surface area contributed by atoms with E-state index in [4.69, 9.17) is 21.7 Å². The molecule has 1 aromatic carbocycles. The van der Waals surface area contributed by atoms with Gasteiger partial charge >= 0.3 is 0 Å². The van der Waals surface area contributed by atoms with E-state index >= 15 is 0 Å². The maximum absolute atomic E-state index is 13.1. The van der Waals surface area contributed by atoms with Crippen LogP contribution in [0.3, 0.4) is 0 Å². The van der Waals surface area contributed by atoms with Crippen LogP contribution < -0.4 is 5.32 Å². The molecule has 0 amide bonds. The van der Waals surface area contributed by atoms with Crippen molar-refractivity contribution in [1.82, 2.24) is 14.8 Å². The van der Waals surface area contributed by atoms with Gasteiger partial charge in [0.25, 0.3) is 0 Å². The van der Waals surface area contributed by atoms with Gasteiger partial charge in [0.05, 0.1) is 0 Å². The lowest BCUT2D eigenvalue weighted by Crippen LogP contribution is -2.36. The Bertz CT molecular complexity index is 950. The fourth-order valence-corrected chi connectivity index (χ4v) is 5.05. The summed E-state index contributed by atoms with van der Waals surface area (Å²) in [5, 5.41) is 9.56. The fraction of sp³-hybridized carbons (Fsp3) is 0.476. The zero-order valence-electron chi connectivity index (χ0n) is 16.5. The molecule has 7 heteroatoms. The second-order valence-corrected chi connectivity index (χ2v) is 9.78. The molecule has 0 unspecified atom stereocenters. The van der Waals surface area contributed by atoms with E-state index in [1.165, 1.54) is 0 Å². The Morgan fingerprint density at radius 3 is 2.93 bits per heavy atom. The van der Waals surface area contributed by atoms with E-state index < -0.39 is 0 Å². The van der Waals surface area contributed by atoms with E-state index in [0.717, 1.165) is 47.0 Å². The number of carbonyl (C=O) groups is 1. The highest BCUT2D eigenvalue weighted by Crippen LogP contribution is 2.45. The van der Waals surface area contributed by atoms with Crippen molar-refractivity contribution in [2.75, 3.05) is 11.1 Å². The molecule has 0 saturated carbocycles. The molecule has 2 aromatic rings. The molecule has 1 atom stereocenters. The number of nitrogens with one attached hydrogen (secondary N) is 1. The van der Waals surface area contributed by atoms with Gasteiger partial charge < -0.3 is 5.32 Å². The average Bonchev–Trinajstić information content (AvgIpc) is 3.01. The zero-order chi connectivity index (χ0) is 19.9. The SMILES string of the molecule is CCCCSc1nc2n(n1)[C@H](c1cccc(Cl)c1)C1=C(CC(C)(C)CC1=O)N2. The van der Waals surface area contributed by atoms with Crippen LogP contribution in [0.5, 0.6) is 0 Å². The van der Waals surface area contributed by atoms with Gasteiger partial charge in [0.1, 0.15) is 6.04 Å². The van der Waals surface area contributed by atoms with Crippen LogP contribution in [0.1, 0.15) is 58.1 Å². The number of Topliss-reactive ketones (excluding diaryl/α,β-unsaturated/α-hetero) is 1. The number of anilines is 1. The number of fused-ring (bicyclic) bond motifs is 1. The molecule has 0 spiro atoms. The third kappa shape index (κ3) is 3.72. The lowest BCUT2D eigenvalue weighted by atomic mass is 9.73. The molecule has 0 fully saturated rings. The van der Waals surface area contributed by atoms with Crippen molar-refractivity contribution in [1.29, 1.82) is 0 Å². The van der Waals surface area contributed by atoms with E-state index in [0.29, 0.717) is 17.4 Å². The molecule has 1 aromatic heterocycles. The normalized spacial score (nSPS) is 20.6. The topological polar surface area (TPSA) is 59.8 Å². The van der Waals surface area contributed by atoms with Gasteiger partial charge in [-0.15, -0.1) is 5.10 Å². The van der Waals surface area contributed by atoms with E-state index in [1.54, 1.807) is 11.8 Å². The fourth-order valence-electron chi connectivity index (χ4n) is 3.94. The summed E-state index contributed by atoms with van der Waals surface area (Å²) < 4.78 is 1.86. The number of unbranched alkanes of at least 4 members (excludes halogenated alkanes) is 1. The first-order valence-corrected chi connectivity index (χ1v) is 11.1. The van der Waals surface area contributed by atoms with Crippen molar-refractivity contribution in [3.8, 4) is 0 Å². The highest BCUT2D eigenvalue weighted by atomic mass is 35.5. The summed E-state index contributed by atoms with van der Waals surface area (Å²) in [6.07, 6.45) is 3.62. The standard InChI is InChI=1S/C21H25ClN4OS/c1-4-5-9-28-20-24-19-23-15-11-21(2,3)12-16(27)17(15)18(26(19)25-20)13-7-6-8-14(22)10-13/h6-8,10,18H,4-5,9,11-12H2,1-3H3,(H,23,24,25)/t18-/m1/s1. The van der Waals surface area contributed by atoms with Crippen LogP contribution in [-0.2, 0) is 4.79 Å². The number of benzene rings is 1. The number of hydrogen-bond acceptors (Lipinski definition) is 5. The third-order valence-electron chi connectivity index (χ3n) is 5.21. The van der Waals surface area contributed by atoms with Crippen LogP contribution in [0.4, 0.5) is 5.95 Å². The number of carbonyl (C=O) groups excluding carboxylic acids is 1. The zero-order valence-corrected chi connectivity index (χ0v) is 18.0. The predicted molar refractivity (Wildman–Crippen MR) is 114 cm³/mol. The van der Waals surface area contributed by atoms with Crippen LogP contribution in [0, 0.1) is 5.41 Å². The highest BCUT2D eigenvalue weighted by molar-refractivity contribution is 7.99. The van der Waals surface area contributed by atoms with Gasteiger partial charge in [0, 0.05) is 28.5 Å². The lowest BCUT2D eigenvalue weighted by Gasteiger charge is -2.38. The minimum Gasteiger partial charge on any atom is -0.328 e. The van der Waals surface area contributed by atoms with Crippen molar-refractivity contribution in [2.24, 2.45) is 5.41 Å². The molecule has 5 nitrogen and oxygen atoms in total. The van der Waals surface area contributed by atoms with Gasteiger partial charge in [-0.2, -0.15) is 4.98 Å². The molecule has 28 heavy (non-hydrogen) atoms. The molecule has 4 rings (SSSR count). The maximum Gasteiger partial charge on any atom is 0.227 e.